The van der Waals surface area contributed by atoms with Crippen molar-refractivity contribution in [2.45, 2.75) is 25.9 Å². The van der Waals surface area contributed by atoms with Crippen LogP contribution >= 0.6 is 0 Å². The molecule has 1 saturated heterocycles. The molecular formula is C15H21N3. The minimum atomic E-state index is 0.612. The highest BCUT2D eigenvalue weighted by molar-refractivity contribution is 5.32. The van der Waals surface area contributed by atoms with Gasteiger partial charge in [-0.3, -0.25) is 4.90 Å². The maximum absolute atomic E-state index is 8.91. The summed E-state index contributed by atoms with van der Waals surface area (Å²) in [4.78, 5) is 2.41. The summed E-state index contributed by atoms with van der Waals surface area (Å²) in [6, 6.07) is 10.7. The molecule has 1 aromatic carbocycles. The van der Waals surface area contributed by atoms with Gasteiger partial charge in [-0.15, -0.1) is 0 Å². The highest BCUT2D eigenvalue weighted by Gasteiger charge is 2.28. The van der Waals surface area contributed by atoms with Crippen LogP contribution in [0.5, 0.6) is 0 Å². The number of rotatable bonds is 4. The molecule has 1 aliphatic rings. The van der Waals surface area contributed by atoms with Gasteiger partial charge in [-0.1, -0.05) is 25.5 Å². The van der Waals surface area contributed by atoms with Crippen LogP contribution in [0.3, 0.4) is 0 Å². The molecule has 0 amide bonds. The molecule has 0 radical (unpaired) electrons. The fraction of sp³-hybridized carbons (Fsp3) is 0.533. The molecule has 1 fully saturated rings. The van der Waals surface area contributed by atoms with Gasteiger partial charge >= 0.3 is 0 Å². The van der Waals surface area contributed by atoms with Crippen LogP contribution in [-0.4, -0.2) is 31.1 Å². The van der Waals surface area contributed by atoms with E-state index in [1.807, 2.05) is 18.2 Å². The summed E-state index contributed by atoms with van der Waals surface area (Å²) in [6.45, 7) is 5.38. The fourth-order valence-electron chi connectivity index (χ4n) is 2.80. The van der Waals surface area contributed by atoms with Crippen LogP contribution in [0.4, 0.5) is 0 Å². The number of likely N-dealkylation sites (N-methyl/N-ethyl adjacent to an activating group) is 1. The lowest BCUT2D eigenvalue weighted by Gasteiger charge is -2.28. The molecule has 18 heavy (non-hydrogen) atoms. The summed E-state index contributed by atoms with van der Waals surface area (Å²) in [5.41, 5.74) is 1.97. The zero-order valence-corrected chi connectivity index (χ0v) is 11.2. The van der Waals surface area contributed by atoms with E-state index in [0.29, 0.717) is 6.04 Å². The lowest BCUT2D eigenvalue weighted by Crippen LogP contribution is -2.37. The van der Waals surface area contributed by atoms with E-state index in [1.54, 1.807) is 0 Å². The average molecular weight is 243 g/mol. The predicted molar refractivity (Wildman–Crippen MR) is 73.1 cm³/mol. The molecule has 1 aromatic rings. The Balaban J connectivity index is 2.02. The van der Waals surface area contributed by atoms with Crippen molar-refractivity contribution in [3.8, 4) is 6.07 Å². The normalized spacial score (nSPS) is 23.2. The molecule has 3 nitrogen and oxygen atoms in total. The van der Waals surface area contributed by atoms with Gasteiger partial charge in [0.2, 0.25) is 0 Å². The standard InChI is InChI=1S/C15H21N3/c1-3-14-9-17-10-15(14)18(2)11-13-6-4-5-12(7-13)8-16/h4-7,14-15,17H,3,9-11H2,1-2H3. The first-order valence-electron chi connectivity index (χ1n) is 6.64. The van der Waals surface area contributed by atoms with Gasteiger partial charge in [0.15, 0.2) is 0 Å². The van der Waals surface area contributed by atoms with Gasteiger partial charge in [0, 0.05) is 19.1 Å². The summed E-state index contributed by atoms with van der Waals surface area (Å²) >= 11 is 0. The number of hydrogen-bond acceptors (Lipinski definition) is 3. The number of nitrogens with one attached hydrogen (secondary N) is 1. The van der Waals surface area contributed by atoms with Crippen LogP contribution in [0.25, 0.3) is 0 Å². The minimum absolute atomic E-state index is 0.612. The number of nitrogens with zero attached hydrogens (tertiary/aromatic N) is 2. The molecule has 2 atom stereocenters. The van der Waals surface area contributed by atoms with Crippen molar-refractivity contribution in [1.82, 2.24) is 10.2 Å². The van der Waals surface area contributed by atoms with Gasteiger partial charge in [-0.05, 0) is 37.2 Å². The van der Waals surface area contributed by atoms with Crippen LogP contribution in [0.15, 0.2) is 24.3 Å². The Bertz CT molecular complexity index is 436. The Kier molecular flexibility index (Phi) is 4.35. The molecular weight excluding hydrogens is 222 g/mol. The van der Waals surface area contributed by atoms with Gasteiger partial charge in [0.25, 0.3) is 0 Å². The zero-order valence-electron chi connectivity index (χ0n) is 11.2. The van der Waals surface area contributed by atoms with Crippen molar-refractivity contribution in [2.24, 2.45) is 5.92 Å². The number of hydrogen-bond donors (Lipinski definition) is 1. The monoisotopic (exact) mass is 243 g/mol. The molecule has 1 heterocycles. The van der Waals surface area contributed by atoms with Crippen LogP contribution in [0, 0.1) is 17.2 Å². The summed E-state index contributed by atoms with van der Waals surface area (Å²) in [7, 11) is 2.18. The van der Waals surface area contributed by atoms with Gasteiger partial charge < -0.3 is 5.32 Å². The van der Waals surface area contributed by atoms with E-state index in [1.165, 1.54) is 12.0 Å². The Hall–Kier alpha value is -1.37. The fourth-order valence-corrected chi connectivity index (χ4v) is 2.80. The SMILES string of the molecule is CCC1CNCC1N(C)Cc1cccc(C#N)c1. The van der Waals surface area contributed by atoms with Crippen LogP contribution in [-0.2, 0) is 6.54 Å². The molecule has 1 N–H and O–H groups in total. The van der Waals surface area contributed by atoms with Crippen LogP contribution in [0.2, 0.25) is 0 Å². The van der Waals surface area contributed by atoms with Crippen molar-refractivity contribution in [2.75, 3.05) is 20.1 Å². The zero-order chi connectivity index (χ0) is 13.0. The maximum Gasteiger partial charge on any atom is 0.0991 e. The molecule has 0 aromatic heterocycles. The van der Waals surface area contributed by atoms with Crippen LogP contribution in [0.1, 0.15) is 24.5 Å². The third-order valence-electron chi connectivity index (χ3n) is 3.88. The van der Waals surface area contributed by atoms with E-state index in [2.05, 4.69) is 36.3 Å². The molecule has 0 spiro atoms. The van der Waals surface area contributed by atoms with Gasteiger partial charge in [0.1, 0.15) is 0 Å². The molecule has 2 rings (SSSR count). The van der Waals surface area contributed by atoms with Crippen molar-refractivity contribution < 1.29 is 0 Å². The number of benzene rings is 1. The molecule has 1 aliphatic heterocycles. The second-order valence-corrected chi connectivity index (χ2v) is 5.12. The molecule has 0 aliphatic carbocycles. The first kappa shape index (κ1) is 13.1. The topological polar surface area (TPSA) is 39.1 Å². The van der Waals surface area contributed by atoms with Gasteiger partial charge in [0.05, 0.1) is 11.6 Å². The largest absolute Gasteiger partial charge is 0.315 e. The second-order valence-electron chi connectivity index (χ2n) is 5.12. The van der Waals surface area contributed by atoms with E-state index in [-0.39, 0.29) is 0 Å². The van der Waals surface area contributed by atoms with Crippen LogP contribution < -0.4 is 5.32 Å². The first-order chi connectivity index (χ1) is 8.74. The molecule has 2 unspecified atom stereocenters. The maximum atomic E-state index is 8.91. The molecule has 96 valence electrons. The third kappa shape index (κ3) is 2.90. The predicted octanol–water partition coefficient (Wildman–Crippen LogP) is 1.99. The highest BCUT2D eigenvalue weighted by Crippen LogP contribution is 2.19. The number of nitriles is 1. The minimum Gasteiger partial charge on any atom is -0.315 e. The molecule has 3 heteroatoms. The van der Waals surface area contributed by atoms with E-state index < -0.39 is 0 Å². The van der Waals surface area contributed by atoms with E-state index in [0.717, 1.165) is 31.1 Å². The van der Waals surface area contributed by atoms with Crippen molar-refractivity contribution in [3.05, 3.63) is 35.4 Å². The lowest BCUT2D eigenvalue weighted by atomic mass is 9.99. The Morgan fingerprint density at radius 2 is 2.28 bits per heavy atom. The van der Waals surface area contributed by atoms with Crippen molar-refractivity contribution >= 4 is 0 Å². The smallest absolute Gasteiger partial charge is 0.0991 e. The Morgan fingerprint density at radius 3 is 3.00 bits per heavy atom. The average Bonchev–Trinajstić information content (AvgIpc) is 2.87. The summed E-state index contributed by atoms with van der Waals surface area (Å²) in [5, 5.41) is 12.4. The van der Waals surface area contributed by atoms with Crippen molar-refractivity contribution in [1.29, 1.82) is 5.26 Å². The highest BCUT2D eigenvalue weighted by atomic mass is 15.2. The lowest BCUT2D eigenvalue weighted by molar-refractivity contribution is 0.201. The Morgan fingerprint density at radius 1 is 1.44 bits per heavy atom. The van der Waals surface area contributed by atoms with Gasteiger partial charge in [-0.25, -0.2) is 0 Å². The molecule has 0 bridgehead atoms. The summed E-state index contributed by atoms with van der Waals surface area (Å²) in [6.07, 6.45) is 1.22. The van der Waals surface area contributed by atoms with E-state index >= 15 is 0 Å². The quantitative estimate of drug-likeness (QED) is 0.879. The second kappa shape index (κ2) is 5.99. The van der Waals surface area contributed by atoms with E-state index in [4.69, 9.17) is 5.26 Å². The third-order valence-corrected chi connectivity index (χ3v) is 3.88. The Labute approximate surface area is 109 Å². The van der Waals surface area contributed by atoms with Gasteiger partial charge in [-0.2, -0.15) is 5.26 Å². The summed E-state index contributed by atoms with van der Waals surface area (Å²) in [5.74, 6) is 0.745. The van der Waals surface area contributed by atoms with E-state index in [9.17, 15) is 0 Å². The van der Waals surface area contributed by atoms with Crippen molar-refractivity contribution in [3.63, 3.8) is 0 Å². The first-order valence-corrected chi connectivity index (χ1v) is 6.64. The molecule has 0 saturated carbocycles. The summed E-state index contributed by atoms with van der Waals surface area (Å²) < 4.78 is 0.